The minimum Gasteiger partial charge on any atom is -0.495 e. The second kappa shape index (κ2) is 9.79. The number of aromatic nitrogens is 1. The number of methoxy groups -OCH3 is 1. The zero-order chi connectivity index (χ0) is 13.9. The third-order valence-electron chi connectivity index (χ3n) is 3.40. The van der Waals surface area contributed by atoms with Crippen molar-refractivity contribution in [3.8, 4) is 5.75 Å². The maximum absolute atomic E-state index is 5.41. The number of hydrogen-bond donors (Lipinski definition) is 1. The molecule has 1 aromatic heterocycles. The lowest BCUT2D eigenvalue weighted by Crippen LogP contribution is -2.22. The molecule has 1 atom stereocenters. The van der Waals surface area contributed by atoms with Gasteiger partial charge in [0.2, 0.25) is 0 Å². The Hall–Kier alpha value is -1.09. The van der Waals surface area contributed by atoms with Crippen molar-refractivity contribution in [3.63, 3.8) is 0 Å². The number of hydrogen-bond acceptors (Lipinski definition) is 3. The molecule has 3 heteroatoms. The molecular formula is C16H28N2O. The summed E-state index contributed by atoms with van der Waals surface area (Å²) in [6.07, 6.45) is 9.52. The lowest BCUT2D eigenvalue weighted by molar-refractivity contribution is 0.387. The Kier molecular flexibility index (Phi) is 8.23. The van der Waals surface area contributed by atoms with Gasteiger partial charge in [-0.25, -0.2) is 0 Å². The second-order valence-corrected chi connectivity index (χ2v) is 4.90. The lowest BCUT2D eigenvalue weighted by Gasteiger charge is -2.19. The molecule has 1 unspecified atom stereocenters. The highest BCUT2D eigenvalue weighted by Crippen LogP contribution is 2.26. The van der Waals surface area contributed by atoms with Crippen LogP contribution in [-0.4, -0.2) is 18.6 Å². The van der Waals surface area contributed by atoms with Gasteiger partial charge in [0, 0.05) is 6.20 Å². The van der Waals surface area contributed by atoms with Gasteiger partial charge in [-0.3, -0.25) is 4.98 Å². The maximum Gasteiger partial charge on any atom is 0.141 e. The topological polar surface area (TPSA) is 34.2 Å². The summed E-state index contributed by atoms with van der Waals surface area (Å²) < 4.78 is 5.41. The molecular weight excluding hydrogens is 236 g/mol. The normalized spacial score (nSPS) is 12.4. The highest BCUT2D eigenvalue weighted by Gasteiger charge is 2.15. The molecule has 0 aliphatic rings. The second-order valence-electron chi connectivity index (χ2n) is 4.90. The standard InChI is InChI=1S/C16H28N2O/c1-4-6-7-8-9-11-14(17-5-2)16-15(19-3)12-10-13-18-16/h10,12-14,17H,4-9,11H2,1-3H3. The summed E-state index contributed by atoms with van der Waals surface area (Å²) in [5.74, 6) is 0.891. The third-order valence-corrected chi connectivity index (χ3v) is 3.40. The Labute approximate surface area is 117 Å². The van der Waals surface area contributed by atoms with Crippen LogP contribution in [0.25, 0.3) is 0 Å². The van der Waals surface area contributed by atoms with Gasteiger partial charge in [0.1, 0.15) is 5.75 Å². The van der Waals surface area contributed by atoms with Gasteiger partial charge < -0.3 is 10.1 Å². The quantitative estimate of drug-likeness (QED) is 0.646. The van der Waals surface area contributed by atoms with Crippen LogP contribution in [-0.2, 0) is 0 Å². The number of pyridine rings is 1. The van der Waals surface area contributed by atoms with Crippen molar-refractivity contribution in [2.24, 2.45) is 0 Å². The fourth-order valence-electron chi connectivity index (χ4n) is 2.37. The Morgan fingerprint density at radius 2 is 2.00 bits per heavy atom. The van der Waals surface area contributed by atoms with E-state index in [4.69, 9.17) is 4.74 Å². The molecule has 1 aromatic rings. The number of unbranched alkanes of at least 4 members (excludes halogenated alkanes) is 4. The van der Waals surface area contributed by atoms with Gasteiger partial charge in [-0.15, -0.1) is 0 Å². The molecule has 0 aromatic carbocycles. The van der Waals surface area contributed by atoms with E-state index < -0.39 is 0 Å². The molecule has 0 aliphatic carbocycles. The molecule has 0 saturated heterocycles. The predicted molar refractivity (Wildman–Crippen MR) is 80.6 cm³/mol. The summed E-state index contributed by atoms with van der Waals surface area (Å²) in [5.41, 5.74) is 1.04. The molecule has 1 heterocycles. The largest absolute Gasteiger partial charge is 0.495 e. The van der Waals surface area contributed by atoms with Crippen molar-refractivity contribution in [3.05, 3.63) is 24.0 Å². The predicted octanol–water partition coefficient (Wildman–Crippen LogP) is 4.10. The third kappa shape index (κ3) is 5.60. The minimum absolute atomic E-state index is 0.308. The van der Waals surface area contributed by atoms with Crippen molar-refractivity contribution in [1.29, 1.82) is 0 Å². The van der Waals surface area contributed by atoms with E-state index in [9.17, 15) is 0 Å². The monoisotopic (exact) mass is 264 g/mol. The van der Waals surface area contributed by atoms with Crippen LogP contribution in [0.1, 0.15) is 64.1 Å². The summed E-state index contributed by atoms with van der Waals surface area (Å²) >= 11 is 0. The van der Waals surface area contributed by atoms with Crippen molar-refractivity contribution < 1.29 is 4.74 Å². The van der Waals surface area contributed by atoms with Gasteiger partial charge in [-0.1, -0.05) is 46.0 Å². The Balaban J connectivity index is 2.55. The minimum atomic E-state index is 0.308. The molecule has 0 saturated carbocycles. The average molecular weight is 264 g/mol. The van der Waals surface area contributed by atoms with Gasteiger partial charge in [0.15, 0.2) is 0 Å². The van der Waals surface area contributed by atoms with Crippen LogP contribution in [0.2, 0.25) is 0 Å². The van der Waals surface area contributed by atoms with Crippen molar-refractivity contribution >= 4 is 0 Å². The molecule has 108 valence electrons. The molecule has 1 N–H and O–H groups in total. The van der Waals surface area contributed by atoms with E-state index in [0.29, 0.717) is 6.04 Å². The van der Waals surface area contributed by atoms with Gasteiger partial charge in [0.05, 0.1) is 18.8 Å². The van der Waals surface area contributed by atoms with Crippen LogP contribution in [0.4, 0.5) is 0 Å². The first kappa shape index (κ1) is 16.0. The number of nitrogens with zero attached hydrogens (tertiary/aromatic N) is 1. The first-order chi connectivity index (χ1) is 9.33. The summed E-state index contributed by atoms with van der Waals surface area (Å²) in [6, 6.07) is 4.22. The van der Waals surface area contributed by atoms with Crippen molar-refractivity contribution in [1.82, 2.24) is 10.3 Å². The van der Waals surface area contributed by atoms with Crippen molar-refractivity contribution in [2.45, 2.75) is 58.4 Å². The first-order valence-corrected chi connectivity index (χ1v) is 7.55. The summed E-state index contributed by atoms with van der Waals surface area (Å²) in [5, 5.41) is 3.52. The van der Waals surface area contributed by atoms with Crippen LogP contribution in [0.5, 0.6) is 5.75 Å². The van der Waals surface area contributed by atoms with E-state index in [0.717, 1.165) is 24.4 Å². The average Bonchev–Trinajstić information content (AvgIpc) is 2.46. The van der Waals surface area contributed by atoms with E-state index in [1.54, 1.807) is 7.11 Å². The number of ether oxygens (including phenoxy) is 1. The Bertz CT molecular complexity index is 341. The molecule has 0 fully saturated rings. The van der Waals surface area contributed by atoms with Crippen LogP contribution < -0.4 is 10.1 Å². The van der Waals surface area contributed by atoms with Crippen LogP contribution in [0, 0.1) is 0 Å². The van der Waals surface area contributed by atoms with Crippen molar-refractivity contribution in [2.75, 3.05) is 13.7 Å². The van der Waals surface area contributed by atoms with E-state index in [-0.39, 0.29) is 0 Å². The SMILES string of the molecule is CCCCCCCC(NCC)c1ncccc1OC. The van der Waals surface area contributed by atoms with E-state index in [1.807, 2.05) is 18.3 Å². The van der Waals surface area contributed by atoms with E-state index in [1.165, 1.54) is 32.1 Å². The zero-order valence-electron chi connectivity index (χ0n) is 12.6. The number of nitrogens with one attached hydrogen (secondary N) is 1. The summed E-state index contributed by atoms with van der Waals surface area (Å²) in [7, 11) is 1.71. The van der Waals surface area contributed by atoms with Gasteiger partial charge in [-0.05, 0) is 25.1 Å². The van der Waals surface area contributed by atoms with Gasteiger partial charge in [0.25, 0.3) is 0 Å². The Morgan fingerprint density at radius 1 is 1.21 bits per heavy atom. The summed E-state index contributed by atoms with van der Waals surface area (Å²) in [4.78, 5) is 4.50. The molecule has 0 spiro atoms. The molecule has 0 bridgehead atoms. The summed E-state index contributed by atoms with van der Waals surface area (Å²) in [6.45, 7) is 5.35. The lowest BCUT2D eigenvalue weighted by atomic mass is 10.0. The maximum atomic E-state index is 5.41. The smallest absolute Gasteiger partial charge is 0.141 e. The van der Waals surface area contributed by atoms with E-state index >= 15 is 0 Å². The zero-order valence-corrected chi connectivity index (χ0v) is 12.6. The molecule has 3 nitrogen and oxygen atoms in total. The van der Waals surface area contributed by atoms with Crippen LogP contribution in [0.15, 0.2) is 18.3 Å². The fraction of sp³-hybridized carbons (Fsp3) is 0.688. The molecule has 19 heavy (non-hydrogen) atoms. The van der Waals surface area contributed by atoms with Crippen LogP contribution >= 0.6 is 0 Å². The molecule has 0 amide bonds. The van der Waals surface area contributed by atoms with Gasteiger partial charge in [-0.2, -0.15) is 0 Å². The number of rotatable bonds is 10. The Morgan fingerprint density at radius 3 is 2.68 bits per heavy atom. The van der Waals surface area contributed by atoms with Crippen LogP contribution in [0.3, 0.4) is 0 Å². The highest BCUT2D eigenvalue weighted by molar-refractivity contribution is 5.29. The van der Waals surface area contributed by atoms with E-state index in [2.05, 4.69) is 24.1 Å². The molecule has 0 radical (unpaired) electrons. The first-order valence-electron chi connectivity index (χ1n) is 7.55. The molecule has 0 aliphatic heterocycles. The van der Waals surface area contributed by atoms with Gasteiger partial charge >= 0.3 is 0 Å². The highest BCUT2D eigenvalue weighted by atomic mass is 16.5. The fourth-order valence-corrected chi connectivity index (χ4v) is 2.37. The molecule has 1 rings (SSSR count).